The van der Waals surface area contributed by atoms with Crippen molar-refractivity contribution in [3.63, 3.8) is 0 Å². The Morgan fingerprint density at radius 2 is 2.00 bits per heavy atom. The molecule has 2 aliphatic rings. The number of aliphatic hydroxyl groups is 1. The summed E-state index contributed by atoms with van der Waals surface area (Å²) in [4.78, 5) is 18.8. The van der Waals surface area contributed by atoms with Gasteiger partial charge in [-0.05, 0) is 75.2 Å². The molecule has 3 rings (SSSR count). The van der Waals surface area contributed by atoms with Crippen molar-refractivity contribution in [2.75, 3.05) is 19.6 Å². The number of amides is 1. The molecule has 1 aromatic rings. The van der Waals surface area contributed by atoms with Crippen molar-refractivity contribution in [1.82, 2.24) is 10.2 Å². The van der Waals surface area contributed by atoms with E-state index in [4.69, 9.17) is 11.6 Å². The van der Waals surface area contributed by atoms with Crippen molar-refractivity contribution in [1.29, 1.82) is 0 Å². The monoisotopic (exact) mass is 475 g/mol. The van der Waals surface area contributed by atoms with Crippen LogP contribution in [0.5, 0.6) is 0 Å². The van der Waals surface area contributed by atoms with Crippen LogP contribution in [0.1, 0.15) is 37.8 Å². The van der Waals surface area contributed by atoms with E-state index in [-0.39, 0.29) is 34.8 Å². The Hall–Kier alpha value is -1.55. The lowest BCUT2D eigenvalue weighted by molar-refractivity contribution is -0.138. The van der Waals surface area contributed by atoms with Gasteiger partial charge in [0.15, 0.2) is 0 Å². The van der Waals surface area contributed by atoms with E-state index in [1.54, 1.807) is 13.8 Å². The van der Waals surface area contributed by atoms with Gasteiger partial charge in [-0.3, -0.25) is 14.7 Å². The molecule has 2 fully saturated rings. The van der Waals surface area contributed by atoms with E-state index in [1.807, 2.05) is 11.0 Å². The molecule has 0 aliphatic carbocycles. The van der Waals surface area contributed by atoms with Crippen LogP contribution in [0.25, 0.3) is 0 Å². The smallest absolute Gasteiger partial charge is 0.389 e. The number of piperidine rings is 1. The maximum absolute atomic E-state index is 13.3. The topological polar surface area (TPSA) is 64.9 Å². The Labute approximate surface area is 188 Å². The van der Waals surface area contributed by atoms with E-state index < -0.39 is 17.3 Å². The van der Waals surface area contributed by atoms with Crippen molar-refractivity contribution in [2.24, 2.45) is 10.9 Å². The third-order valence-corrected chi connectivity index (χ3v) is 6.14. The van der Waals surface area contributed by atoms with Crippen molar-refractivity contribution in [2.45, 2.75) is 45.0 Å². The molecule has 0 spiro atoms. The first kappa shape index (κ1) is 24.1. The van der Waals surface area contributed by atoms with Gasteiger partial charge in [-0.2, -0.15) is 13.2 Å². The highest BCUT2D eigenvalue weighted by molar-refractivity contribution is 8.18. The lowest BCUT2D eigenvalue weighted by Gasteiger charge is -2.31. The van der Waals surface area contributed by atoms with Gasteiger partial charge in [0.05, 0.1) is 22.6 Å². The fourth-order valence-electron chi connectivity index (χ4n) is 3.52. The maximum atomic E-state index is 13.3. The molecule has 1 aromatic carbocycles. The molecule has 31 heavy (non-hydrogen) atoms. The SMILES string of the molecule is CC(C)(O)CN=C1NC(=O)SC1=CC1CCN(Cc2ccc(Cl)cc2C(F)(F)F)CC1. The number of carbonyl (C=O) groups is 1. The molecule has 2 heterocycles. The minimum Gasteiger partial charge on any atom is -0.389 e. The van der Waals surface area contributed by atoms with Crippen LogP contribution in [0.3, 0.4) is 0 Å². The minimum absolute atomic E-state index is 0.0701. The third-order valence-electron chi connectivity index (χ3n) is 5.07. The third kappa shape index (κ3) is 6.97. The van der Waals surface area contributed by atoms with Gasteiger partial charge in [-0.15, -0.1) is 0 Å². The summed E-state index contributed by atoms with van der Waals surface area (Å²) < 4.78 is 40.0. The summed E-state index contributed by atoms with van der Waals surface area (Å²) in [7, 11) is 0. The molecule has 10 heteroatoms. The summed E-state index contributed by atoms with van der Waals surface area (Å²) in [6, 6.07) is 3.90. The summed E-state index contributed by atoms with van der Waals surface area (Å²) >= 11 is 6.84. The first-order valence-corrected chi connectivity index (χ1v) is 11.2. The Morgan fingerprint density at radius 3 is 2.61 bits per heavy atom. The first-order chi connectivity index (χ1) is 14.4. The number of amidine groups is 1. The van der Waals surface area contributed by atoms with Crippen molar-refractivity contribution >= 4 is 34.4 Å². The number of rotatable bonds is 5. The molecular formula is C21H25ClF3N3O2S. The fraction of sp³-hybridized carbons (Fsp3) is 0.524. The molecule has 170 valence electrons. The number of nitrogens with zero attached hydrogens (tertiary/aromatic N) is 2. The van der Waals surface area contributed by atoms with Gasteiger partial charge < -0.3 is 10.4 Å². The predicted molar refractivity (Wildman–Crippen MR) is 117 cm³/mol. The van der Waals surface area contributed by atoms with Gasteiger partial charge >= 0.3 is 6.18 Å². The number of nitrogens with one attached hydrogen (secondary N) is 1. The van der Waals surface area contributed by atoms with Gasteiger partial charge in [0.1, 0.15) is 5.84 Å². The second-order valence-corrected chi connectivity index (χ2v) is 9.89. The van der Waals surface area contributed by atoms with Gasteiger partial charge in [0.25, 0.3) is 5.24 Å². The number of allylic oxidation sites excluding steroid dienone is 1. The summed E-state index contributed by atoms with van der Waals surface area (Å²) in [5.74, 6) is 0.668. The van der Waals surface area contributed by atoms with Gasteiger partial charge in [-0.1, -0.05) is 23.7 Å². The molecule has 0 atom stereocenters. The molecule has 2 aliphatic heterocycles. The van der Waals surface area contributed by atoms with Crippen molar-refractivity contribution in [3.05, 3.63) is 45.3 Å². The zero-order chi connectivity index (χ0) is 22.8. The van der Waals surface area contributed by atoms with Crippen molar-refractivity contribution < 1.29 is 23.1 Å². The van der Waals surface area contributed by atoms with Crippen LogP contribution in [0.2, 0.25) is 5.02 Å². The summed E-state index contributed by atoms with van der Waals surface area (Å²) in [6.45, 7) is 4.97. The zero-order valence-corrected chi connectivity index (χ0v) is 18.9. The number of aliphatic imine (C=N–C) groups is 1. The number of hydrogen-bond acceptors (Lipinski definition) is 5. The Morgan fingerprint density at radius 1 is 1.32 bits per heavy atom. The highest BCUT2D eigenvalue weighted by atomic mass is 35.5. The van der Waals surface area contributed by atoms with Gasteiger partial charge in [0, 0.05) is 11.6 Å². The Balaban J connectivity index is 1.63. The molecule has 5 nitrogen and oxygen atoms in total. The van der Waals surface area contributed by atoms with Crippen LogP contribution >= 0.6 is 23.4 Å². The van der Waals surface area contributed by atoms with Gasteiger partial charge in [0.2, 0.25) is 0 Å². The van der Waals surface area contributed by atoms with E-state index in [1.165, 1.54) is 12.1 Å². The van der Waals surface area contributed by atoms with Crippen LogP contribution in [0.4, 0.5) is 18.0 Å². The quantitative estimate of drug-likeness (QED) is 0.623. The summed E-state index contributed by atoms with van der Waals surface area (Å²) in [5, 5.41) is 12.4. The lowest BCUT2D eigenvalue weighted by atomic mass is 9.95. The molecule has 1 amide bonds. The van der Waals surface area contributed by atoms with E-state index in [2.05, 4.69) is 10.3 Å². The second-order valence-electron chi connectivity index (χ2n) is 8.44. The standard InChI is InChI=1S/C21H25ClF3N3O2S/c1-20(2,30)12-26-18-17(31-19(29)27-18)9-13-5-7-28(8-6-13)11-14-3-4-15(22)10-16(14)21(23,24)25/h3-4,9-10,13,30H,5-8,11-12H2,1-2H3,(H,26,27,29). The van der Waals surface area contributed by atoms with E-state index in [0.29, 0.717) is 18.9 Å². The largest absolute Gasteiger partial charge is 0.416 e. The molecule has 0 saturated carbocycles. The normalized spacial score (nSPS) is 21.8. The average molecular weight is 476 g/mol. The lowest BCUT2D eigenvalue weighted by Crippen LogP contribution is -2.33. The minimum atomic E-state index is -4.44. The molecular weight excluding hydrogens is 451 g/mol. The van der Waals surface area contributed by atoms with E-state index in [9.17, 15) is 23.1 Å². The number of hydrogen-bond donors (Lipinski definition) is 2. The van der Waals surface area contributed by atoms with Crippen LogP contribution in [-0.2, 0) is 12.7 Å². The van der Waals surface area contributed by atoms with E-state index in [0.717, 1.165) is 35.6 Å². The van der Waals surface area contributed by atoms with Crippen molar-refractivity contribution in [3.8, 4) is 0 Å². The van der Waals surface area contributed by atoms with Gasteiger partial charge in [-0.25, -0.2) is 0 Å². The predicted octanol–water partition coefficient (Wildman–Crippen LogP) is 5.08. The molecule has 2 saturated heterocycles. The molecule has 0 unspecified atom stereocenters. The molecule has 2 N–H and O–H groups in total. The molecule has 0 radical (unpaired) electrons. The Bertz CT molecular complexity index is 889. The molecule has 0 aromatic heterocycles. The van der Waals surface area contributed by atoms with E-state index >= 15 is 0 Å². The zero-order valence-electron chi connectivity index (χ0n) is 17.3. The number of thioether (sulfide) groups is 1. The highest BCUT2D eigenvalue weighted by Gasteiger charge is 2.34. The maximum Gasteiger partial charge on any atom is 0.416 e. The highest BCUT2D eigenvalue weighted by Crippen LogP contribution is 2.35. The summed E-state index contributed by atoms with van der Waals surface area (Å²) in [5.41, 5.74) is -1.45. The Kier molecular flexibility index (Phi) is 7.40. The average Bonchev–Trinajstić information content (AvgIpc) is 3.01. The second kappa shape index (κ2) is 9.52. The van der Waals surface area contributed by atoms with Crippen LogP contribution in [0.15, 0.2) is 34.2 Å². The van der Waals surface area contributed by atoms with Crippen LogP contribution in [-0.4, -0.2) is 46.3 Å². The number of alkyl halides is 3. The number of likely N-dealkylation sites (tertiary alicyclic amines) is 1. The van der Waals surface area contributed by atoms with Crippen LogP contribution < -0.4 is 5.32 Å². The summed E-state index contributed by atoms with van der Waals surface area (Å²) in [6.07, 6.45) is -0.897. The first-order valence-electron chi connectivity index (χ1n) is 9.96. The number of benzene rings is 1. The number of halogens is 4. The fourth-order valence-corrected chi connectivity index (χ4v) is 4.51. The number of carbonyl (C=O) groups excluding carboxylic acids is 1. The molecule has 0 bridgehead atoms. The van der Waals surface area contributed by atoms with Crippen LogP contribution in [0, 0.1) is 5.92 Å².